The molecule has 1 fully saturated rings. The number of likely N-dealkylation sites (tertiary alicyclic amines) is 1. The van der Waals surface area contributed by atoms with E-state index in [4.69, 9.17) is 10.2 Å². The van der Waals surface area contributed by atoms with Crippen molar-refractivity contribution in [1.29, 1.82) is 0 Å². The molecule has 7 heteroatoms. The Morgan fingerprint density at radius 2 is 1.93 bits per heavy atom. The lowest BCUT2D eigenvalue weighted by molar-refractivity contribution is 0.1000. The van der Waals surface area contributed by atoms with Crippen molar-refractivity contribution >= 4 is 11.9 Å². The summed E-state index contributed by atoms with van der Waals surface area (Å²) in [4.78, 5) is 25.8. The van der Waals surface area contributed by atoms with Gasteiger partial charge < -0.3 is 20.8 Å². The predicted molar refractivity (Wildman–Crippen MR) is 102 cm³/mol. The standard InChI is InChI=1S/C20H26N4O3/c21-19(25)16-7-4-6-15(12-16)13-22-20(26)23-14-17(18-8-5-11-27-18)24-9-2-1-3-10-24/h4-8,11-12,17H,1-3,9-10,13-14H2,(H2,21,25)(H2,22,23,26). The predicted octanol–water partition coefficient (Wildman–Crippen LogP) is 2.40. The van der Waals surface area contributed by atoms with Gasteiger partial charge in [0.15, 0.2) is 0 Å². The maximum absolute atomic E-state index is 12.2. The molecule has 0 aliphatic carbocycles. The smallest absolute Gasteiger partial charge is 0.315 e. The van der Waals surface area contributed by atoms with Crippen molar-refractivity contribution in [2.24, 2.45) is 5.73 Å². The summed E-state index contributed by atoms with van der Waals surface area (Å²) in [6.07, 6.45) is 5.25. The summed E-state index contributed by atoms with van der Waals surface area (Å²) in [5.74, 6) is 0.385. The average molecular weight is 370 g/mol. The van der Waals surface area contributed by atoms with Crippen LogP contribution in [0.5, 0.6) is 0 Å². The molecule has 0 bridgehead atoms. The molecule has 0 radical (unpaired) electrons. The maximum atomic E-state index is 12.2. The molecular weight excluding hydrogens is 344 g/mol. The fourth-order valence-electron chi connectivity index (χ4n) is 3.39. The van der Waals surface area contributed by atoms with Gasteiger partial charge in [0.25, 0.3) is 0 Å². The Bertz CT molecular complexity index is 754. The summed E-state index contributed by atoms with van der Waals surface area (Å²) >= 11 is 0. The molecule has 1 aliphatic rings. The monoisotopic (exact) mass is 370 g/mol. The Morgan fingerprint density at radius 3 is 2.63 bits per heavy atom. The van der Waals surface area contributed by atoms with Gasteiger partial charge in [0, 0.05) is 18.7 Å². The van der Waals surface area contributed by atoms with E-state index in [1.165, 1.54) is 19.3 Å². The topological polar surface area (TPSA) is 101 Å². The zero-order valence-corrected chi connectivity index (χ0v) is 15.3. The molecule has 1 saturated heterocycles. The Morgan fingerprint density at radius 1 is 1.11 bits per heavy atom. The molecule has 1 atom stereocenters. The number of furan rings is 1. The first-order chi connectivity index (χ1) is 13.1. The van der Waals surface area contributed by atoms with Crippen LogP contribution in [0.25, 0.3) is 0 Å². The number of hydrogen-bond acceptors (Lipinski definition) is 4. The van der Waals surface area contributed by atoms with Crippen LogP contribution in [0, 0.1) is 0 Å². The summed E-state index contributed by atoms with van der Waals surface area (Å²) in [5.41, 5.74) is 6.53. The fourth-order valence-corrected chi connectivity index (χ4v) is 3.39. The first-order valence-electron chi connectivity index (χ1n) is 9.31. The normalized spacial score (nSPS) is 15.9. The van der Waals surface area contributed by atoms with Gasteiger partial charge >= 0.3 is 6.03 Å². The molecule has 1 aliphatic heterocycles. The van der Waals surface area contributed by atoms with Crippen LogP contribution in [0.15, 0.2) is 47.1 Å². The van der Waals surface area contributed by atoms with Gasteiger partial charge in [0.1, 0.15) is 5.76 Å². The molecule has 2 heterocycles. The molecule has 1 aromatic carbocycles. The summed E-state index contributed by atoms with van der Waals surface area (Å²) in [6, 6.07) is 10.5. The second-order valence-electron chi connectivity index (χ2n) is 6.76. The van der Waals surface area contributed by atoms with E-state index in [9.17, 15) is 9.59 Å². The van der Waals surface area contributed by atoms with Crippen molar-refractivity contribution < 1.29 is 14.0 Å². The lowest BCUT2D eigenvalue weighted by atomic mass is 10.1. The van der Waals surface area contributed by atoms with E-state index in [1.54, 1.807) is 24.5 Å². The first kappa shape index (κ1) is 19.0. The van der Waals surface area contributed by atoms with Gasteiger partial charge in [-0.05, 0) is 55.8 Å². The molecule has 2 aromatic rings. The number of primary amides is 1. The number of amides is 3. The van der Waals surface area contributed by atoms with Gasteiger partial charge in [-0.2, -0.15) is 0 Å². The van der Waals surface area contributed by atoms with Crippen LogP contribution in [0.2, 0.25) is 0 Å². The highest BCUT2D eigenvalue weighted by molar-refractivity contribution is 5.92. The summed E-state index contributed by atoms with van der Waals surface area (Å²) in [6.45, 7) is 2.81. The highest BCUT2D eigenvalue weighted by Gasteiger charge is 2.24. The second-order valence-corrected chi connectivity index (χ2v) is 6.76. The number of nitrogens with one attached hydrogen (secondary N) is 2. The highest BCUT2D eigenvalue weighted by atomic mass is 16.3. The van der Waals surface area contributed by atoms with E-state index in [2.05, 4.69) is 15.5 Å². The average Bonchev–Trinajstić information content (AvgIpc) is 3.22. The van der Waals surface area contributed by atoms with Crippen molar-refractivity contribution in [1.82, 2.24) is 15.5 Å². The maximum Gasteiger partial charge on any atom is 0.315 e. The van der Waals surface area contributed by atoms with Crippen LogP contribution in [-0.2, 0) is 6.54 Å². The minimum atomic E-state index is -0.482. The van der Waals surface area contributed by atoms with Gasteiger partial charge in [0.05, 0.1) is 12.3 Å². The number of hydrogen-bond donors (Lipinski definition) is 3. The van der Waals surface area contributed by atoms with Crippen LogP contribution in [0.1, 0.15) is 47.0 Å². The molecule has 144 valence electrons. The minimum Gasteiger partial charge on any atom is -0.468 e. The van der Waals surface area contributed by atoms with Gasteiger partial charge in [-0.1, -0.05) is 18.6 Å². The zero-order chi connectivity index (χ0) is 19.1. The third-order valence-electron chi connectivity index (χ3n) is 4.82. The van der Waals surface area contributed by atoms with E-state index in [-0.39, 0.29) is 12.1 Å². The lowest BCUT2D eigenvalue weighted by Crippen LogP contribution is -2.43. The number of piperidine rings is 1. The van der Waals surface area contributed by atoms with Crippen LogP contribution in [0.4, 0.5) is 4.79 Å². The van der Waals surface area contributed by atoms with E-state index in [1.807, 2.05) is 18.2 Å². The number of rotatable bonds is 7. The van der Waals surface area contributed by atoms with E-state index in [0.717, 1.165) is 24.4 Å². The Kier molecular flexibility index (Phi) is 6.49. The minimum absolute atomic E-state index is 0.0317. The van der Waals surface area contributed by atoms with Crippen LogP contribution in [-0.4, -0.2) is 36.5 Å². The number of benzene rings is 1. The van der Waals surface area contributed by atoms with Crippen LogP contribution < -0.4 is 16.4 Å². The number of urea groups is 1. The van der Waals surface area contributed by atoms with Crippen LogP contribution in [0.3, 0.4) is 0 Å². The number of carbonyl (C=O) groups is 2. The number of carbonyl (C=O) groups excluding carboxylic acids is 2. The molecule has 0 spiro atoms. The molecule has 7 nitrogen and oxygen atoms in total. The molecule has 0 saturated carbocycles. The Balaban J connectivity index is 1.53. The summed E-state index contributed by atoms with van der Waals surface area (Å²) in [7, 11) is 0. The van der Waals surface area contributed by atoms with Crippen molar-refractivity contribution in [2.45, 2.75) is 31.8 Å². The number of nitrogens with two attached hydrogens (primary N) is 1. The first-order valence-corrected chi connectivity index (χ1v) is 9.31. The van der Waals surface area contributed by atoms with Gasteiger partial charge in [-0.3, -0.25) is 9.69 Å². The molecule has 4 N–H and O–H groups in total. The summed E-state index contributed by atoms with van der Waals surface area (Å²) < 4.78 is 5.59. The third kappa shape index (κ3) is 5.34. The SMILES string of the molecule is NC(=O)c1cccc(CNC(=O)NCC(c2ccco2)N2CCCCC2)c1. The van der Waals surface area contributed by atoms with Crippen LogP contribution >= 0.6 is 0 Å². The molecule has 3 amide bonds. The van der Waals surface area contributed by atoms with Gasteiger partial charge in [-0.15, -0.1) is 0 Å². The highest BCUT2D eigenvalue weighted by Crippen LogP contribution is 2.24. The Hall–Kier alpha value is -2.80. The fraction of sp³-hybridized carbons (Fsp3) is 0.400. The number of nitrogens with zero attached hydrogens (tertiary/aromatic N) is 1. The molecular formula is C20H26N4O3. The largest absolute Gasteiger partial charge is 0.468 e. The zero-order valence-electron chi connectivity index (χ0n) is 15.3. The lowest BCUT2D eigenvalue weighted by Gasteiger charge is -2.33. The van der Waals surface area contributed by atoms with Crippen molar-refractivity contribution in [3.05, 3.63) is 59.5 Å². The molecule has 1 unspecified atom stereocenters. The van der Waals surface area contributed by atoms with E-state index < -0.39 is 5.91 Å². The molecule has 1 aromatic heterocycles. The van der Waals surface area contributed by atoms with E-state index >= 15 is 0 Å². The van der Waals surface area contributed by atoms with Crippen molar-refractivity contribution in [3.63, 3.8) is 0 Å². The van der Waals surface area contributed by atoms with Gasteiger partial charge in [-0.25, -0.2) is 4.79 Å². The van der Waals surface area contributed by atoms with E-state index in [0.29, 0.717) is 18.7 Å². The quantitative estimate of drug-likeness (QED) is 0.697. The second kappa shape index (κ2) is 9.23. The van der Waals surface area contributed by atoms with Gasteiger partial charge in [0.2, 0.25) is 5.91 Å². The van der Waals surface area contributed by atoms with Crippen molar-refractivity contribution in [3.8, 4) is 0 Å². The molecule has 27 heavy (non-hydrogen) atoms. The molecule has 3 rings (SSSR count). The van der Waals surface area contributed by atoms with Crippen molar-refractivity contribution in [2.75, 3.05) is 19.6 Å². The third-order valence-corrected chi connectivity index (χ3v) is 4.82. The summed E-state index contributed by atoms with van der Waals surface area (Å²) in [5, 5.41) is 5.75. The Labute approximate surface area is 158 Å².